The monoisotopic (exact) mass is 220 g/mol. The molecule has 2 aromatic heterocycles. The molecule has 0 saturated heterocycles. The van der Waals surface area contributed by atoms with Gasteiger partial charge in [0.1, 0.15) is 6.33 Å². The fourth-order valence-corrected chi connectivity index (χ4v) is 1.72. The molecule has 0 unspecified atom stereocenters. The van der Waals surface area contributed by atoms with Gasteiger partial charge in [0.25, 0.3) is 5.91 Å². The van der Waals surface area contributed by atoms with Gasteiger partial charge < -0.3 is 5.73 Å². The highest BCUT2D eigenvalue weighted by Gasteiger charge is 2.23. The first-order valence-electron chi connectivity index (χ1n) is 4.85. The number of nitrogens with two attached hydrogens (primary N) is 1. The molecule has 6 heteroatoms. The molecule has 1 amide bonds. The molecule has 0 bridgehead atoms. The van der Waals surface area contributed by atoms with Crippen molar-refractivity contribution in [3.05, 3.63) is 24.3 Å². The molecule has 2 aromatic rings. The van der Waals surface area contributed by atoms with Gasteiger partial charge in [-0.1, -0.05) is 0 Å². The van der Waals surface area contributed by atoms with Crippen LogP contribution < -0.4 is 10.3 Å². The predicted octanol–water partition coefficient (Wildman–Crippen LogP) is -0.141. The zero-order chi connectivity index (χ0) is 11.9. The molecule has 0 radical (unpaired) electrons. The average Bonchev–Trinajstić information content (AvgIpc) is 2.55. The highest BCUT2D eigenvalue weighted by atomic mass is 16.1. The third-order valence-electron chi connectivity index (χ3n) is 2.29. The number of aromatic nitrogens is 3. The van der Waals surface area contributed by atoms with Gasteiger partial charge in [0.2, 0.25) is 0 Å². The van der Waals surface area contributed by atoms with Crippen molar-refractivity contribution in [1.82, 2.24) is 19.2 Å². The molecule has 16 heavy (non-hydrogen) atoms. The third-order valence-corrected chi connectivity index (χ3v) is 2.29. The van der Waals surface area contributed by atoms with Gasteiger partial charge in [-0.05, 0) is 6.07 Å². The lowest BCUT2D eigenvalue weighted by Crippen LogP contribution is -2.48. The predicted molar refractivity (Wildman–Crippen MR) is 61.3 cm³/mol. The lowest BCUT2D eigenvalue weighted by atomic mass is 10.3. The van der Waals surface area contributed by atoms with E-state index in [1.165, 1.54) is 6.33 Å². The SMILES string of the molecule is C[N+](C)(C)n1c(C(N)=O)cc2cncnc21. The number of carbonyl (C=O) groups is 1. The zero-order valence-electron chi connectivity index (χ0n) is 9.51. The van der Waals surface area contributed by atoms with Crippen LogP contribution in [0.5, 0.6) is 0 Å². The minimum absolute atomic E-state index is 0.415. The second-order valence-corrected chi connectivity index (χ2v) is 4.45. The first-order valence-corrected chi connectivity index (χ1v) is 4.85. The largest absolute Gasteiger partial charge is 0.364 e. The number of fused-ring (bicyclic) bond motifs is 1. The molecule has 2 rings (SSSR count). The maximum Gasteiger partial charge on any atom is 0.270 e. The van der Waals surface area contributed by atoms with Gasteiger partial charge >= 0.3 is 0 Å². The topological polar surface area (TPSA) is 73.8 Å². The van der Waals surface area contributed by atoms with Crippen molar-refractivity contribution in [2.45, 2.75) is 0 Å². The summed E-state index contributed by atoms with van der Waals surface area (Å²) in [7, 11) is 5.82. The molecule has 0 fully saturated rings. The van der Waals surface area contributed by atoms with E-state index in [9.17, 15) is 4.79 Å². The van der Waals surface area contributed by atoms with E-state index < -0.39 is 5.91 Å². The van der Waals surface area contributed by atoms with Gasteiger partial charge in [-0.15, -0.1) is 0 Å². The number of amides is 1. The van der Waals surface area contributed by atoms with Crippen LogP contribution in [0, 0.1) is 0 Å². The van der Waals surface area contributed by atoms with E-state index in [0.717, 1.165) is 5.39 Å². The number of hydrogen-bond acceptors (Lipinski definition) is 3. The minimum Gasteiger partial charge on any atom is -0.364 e. The summed E-state index contributed by atoms with van der Waals surface area (Å²) in [5.41, 5.74) is 6.50. The zero-order valence-corrected chi connectivity index (χ0v) is 9.51. The summed E-state index contributed by atoms with van der Waals surface area (Å²) in [6.45, 7) is 0. The van der Waals surface area contributed by atoms with Crippen LogP contribution in [-0.2, 0) is 0 Å². The van der Waals surface area contributed by atoms with Crippen molar-refractivity contribution in [2.75, 3.05) is 21.1 Å². The Balaban J connectivity index is 2.85. The number of primary amides is 1. The second-order valence-electron chi connectivity index (χ2n) is 4.45. The molecule has 2 heterocycles. The van der Waals surface area contributed by atoms with E-state index >= 15 is 0 Å². The number of quaternary nitrogens is 1. The minimum atomic E-state index is -0.467. The van der Waals surface area contributed by atoms with Crippen molar-refractivity contribution in [2.24, 2.45) is 5.73 Å². The fourth-order valence-electron chi connectivity index (χ4n) is 1.72. The molecule has 0 aromatic carbocycles. The van der Waals surface area contributed by atoms with E-state index in [4.69, 9.17) is 5.73 Å². The Kier molecular flexibility index (Phi) is 2.16. The van der Waals surface area contributed by atoms with Gasteiger partial charge in [0.05, 0.1) is 21.1 Å². The van der Waals surface area contributed by atoms with Gasteiger partial charge in [-0.2, -0.15) is 4.68 Å². The smallest absolute Gasteiger partial charge is 0.270 e. The lowest BCUT2D eigenvalue weighted by Gasteiger charge is -2.26. The Labute approximate surface area is 92.9 Å². The first-order chi connectivity index (χ1) is 7.41. The quantitative estimate of drug-likeness (QED) is 0.716. The summed E-state index contributed by atoms with van der Waals surface area (Å²) in [4.78, 5) is 19.5. The first kappa shape index (κ1) is 10.6. The van der Waals surface area contributed by atoms with Gasteiger partial charge in [0, 0.05) is 11.6 Å². The molecule has 0 aliphatic heterocycles. The Morgan fingerprint density at radius 2 is 2.12 bits per heavy atom. The highest BCUT2D eigenvalue weighted by Crippen LogP contribution is 2.17. The molecule has 0 aliphatic rings. The highest BCUT2D eigenvalue weighted by molar-refractivity contribution is 5.96. The molecule has 0 aliphatic carbocycles. The van der Waals surface area contributed by atoms with Crippen molar-refractivity contribution in [3.8, 4) is 0 Å². The Hall–Kier alpha value is -1.95. The van der Waals surface area contributed by atoms with Gasteiger partial charge in [-0.25, -0.2) is 14.6 Å². The summed E-state index contributed by atoms with van der Waals surface area (Å²) in [5, 5.41) is 0.810. The average molecular weight is 220 g/mol. The summed E-state index contributed by atoms with van der Waals surface area (Å²) in [5.74, 6) is -0.467. The van der Waals surface area contributed by atoms with Gasteiger partial charge in [0.15, 0.2) is 11.3 Å². The maximum absolute atomic E-state index is 11.4. The van der Waals surface area contributed by atoms with E-state index in [0.29, 0.717) is 15.9 Å². The van der Waals surface area contributed by atoms with Crippen molar-refractivity contribution in [3.63, 3.8) is 0 Å². The van der Waals surface area contributed by atoms with E-state index in [1.54, 1.807) is 16.9 Å². The van der Waals surface area contributed by atoms with Crippen LogP contribution in [0.15, 0.2) is 18.6 Å². The Bertz CT molecular complexity index is 552. The number of rotatable bonds is 2. The Morgan fingerprint density at radius 3 is 2.69 bits per heavy atom. The van der Waals surface area contributed by atoms with Crippen LogP contribution in [0.3, 0.4) is 0 Å². The second kappa shape index (κ2) is 3.28. The maximum atomic E-state index is 11.4. The molecule has 0 atom stereocenters. The fraction of sp³-hybridized carbons (Fsp3) is 0.300. The molecule has 2 N–H and O–H groups in total. The van der Waals surface area contributed by atoms with Crippen molar-refractivity contribution >= 4 is 16.9 Å². The molecular formula is C10H14N5O+. The van der Waals surface area contributed by atoms with Crippen LogP contribution in [0.2, 0.25) is 0 Å². The Morgan fingerprint density at radius 1 is 1.44 bits per heavy atom. The van der Waals surface area contributed by atoms with Crippen LogP contribution in [0.4, 0.5) is 0 Å². The standard InChI is InChI=1S/C10H13N5O/c1-15(2,3)14-8(9(11)16)4-7-5-12-6-13-10(7)14/h4-6H,1-3H3,(H-,11,16)/p+1. The molecule has 0 saturated carbocycles. The van der Waals surface area contributed by atoms with E-state index in [2.05, 4.69) is 9.97 Å². The molecule has 84 valence electrons. The number of carbonyl (C=O) groups excluding carboxylic acids is 1. The van der Waals surface area contributed by atoms with Crippen LogP contribution >= 0.6 is 0 Å². The van der Waals surface area contributed by atoms with E-state index in [-0.39, 0.29) is 0 Å². The van der Waals surface area contributed by atoms with E-state index in [1.807, 2.05) is 21.1 Å². The molecular weight excluding hydrogens is 206 g/mol. The summed E-state index contributed by atoms with van der Waals surface area (Å²) < 4.78 is 2.19. The summed E-state index contributed by atoms with van der Waals surface area (Å²) in [6, 6.07) is 1.71. The van der Waals surface area contributed by atoms with Crippen molar-refractivity contribution in [1.29, 1.82) is 0 Å². The van der Waals surface area contributed by atoms with Crippen LogP contribution in [0.25, 0.3) is 11.0 Å². The van der Waals surface area contributed by atoms with Crippen LogP contribution in [0.1, 0.15) is 10.5 Å². The lowest BCUT2D eigenvalue weighted by molar-refractivity contribution is 0.0976. The summed E-state index contributed by atoms with van der Waals surface area (Å²) >= 11 is 0. The van der Waals surface area contributed by atoms with Crippen molar-refractivity contribution < 1.29 is 4.79 Å². The van der Waals surface area contributed by atoms with Gasteiger partial charge in [-0.3, -0.25) is 4.79 Å². The molecule has 6 nitrogen and oxygen atoms in total. The normalized spacial score (nSPS) is 11.9. The molecule has 0 spiro atoms. The summed E-state index contributed by atoms with van der Waals surface area (Å²) in [6.07, 6.45) is 3.13. The van der Waals surface area contributed by atoms with Crippen LogP contribution in [-0.4, -0.2) is 41.7 Å². The third kappa shape index (κ3) is 1.53. The number of nitrogens with zero attached hydrogens (tertiary/aromatic N) is 4. The number of hydrogen-bond donors (Lipinski definition) is 1.